The minimum Gasteiger partial charge on any atom is -0.463 e. The molecule has 0 radical (unpaired) electrons. The van der Waals surface area contributed by atoms with Crippen molar-refractivity contribution in [3.63, 3.8) is 0 Å². The molecule has 0 aliphatic heterocycles. The van der Waals surface area contributed by atoms with E-state index in [-0.39, 0.29) is 11.8 Å². The zero-order valence-electron chi connectivity index (χ0n) is 14.1. The maximum Gasteiger partial charge on any atom is 0.373 e. The molecule has 0 saturated heterocycles. The van der Waals surface area contributed by atoms with Crippen LogP contribution in [0.3, 0.4) is 0 Å². The SMILES string of the molecule is COC(=O)c1cc2cc(CN[C@@H](C)c3ccc(C#N)cc3)ccc2o1. The summed E-state index contributed by atoms with van der Waals surface area (Å²) in [5.74, 6) is -0.279. The van der Waals surface area contributed by atoms with Gasteiger partial charge in [-0.2, -0.15) is 5.26 Å². The van der Waals surface area contributed by atoms with Crippen LogP contribution in [0.25, 0.3) is 11.0 Å². The van der Waals surface area contributed by atoms with E-state index in [1.54, 1.807) is 6.07 Å². The third kappa shape index (κ3) is 3.70. The number of methoxy groups -OCH3 is 1. The number of furan rings is 1. The van der Waals surface area contributed by atoms with Crippen molar-refractivity contribution in [2.45, 2.75) is 19.5 Å². The Labute approximate surface area is 145 Å². The fourth-order valence-corrected chi connectivity index (χ4v) is 2.64. The van der Waals surface area contributed by atoms with E-state index in [1.165, 1.54) is 7.11 Å². The first-order valence-corrected chi connectivity index (χ1v) is 7.95. The molecule has 0 saturated carbocycles. The molecular formula is C20H18N2O3. The first kappa shape index (κ1) is 16.7. The first-order valence-electron chi connectivity index (χ1n) is 7.95. The Kier molecular flexibility index (Phi) is 4.82. The van der Waals surface area contributed by atoms with Crippen LogP contribution in [0.1, 0.15) is 40.2 Å². The Bertz CT molecular complexity index is 936. The Morgan fingerprint density at radius 3 is 2.68 bits per heavy atom. The molecule has 5 nitrogen and oxygen atoms in total. The zero-order valence-corrected chi connectivity index (χ0v) is 14.1. The van der Waals surface area contributed by atoms with Gasteiger partial charge < -0.3 is 14.5 Å². The van der Waals surface area contributed by atoms with Crippen LogP contribution in [0.4, 0.5) is 0 Å². The highest BCUT2D eigenvalue weighted by Gasteiger charge is 2.13. The van der Waals surface area contributed by atoms with E-state index in [9.17, 15) is 4.79 Å². The van der Waals surface area contributed by atoms with Gasteiger partial charge in [-0.05, 0) is 48.4 Å². The van der Waals surface area contributed by atoms with Gasteiger partial charge >= 0.3 is 5.97 Å². The van der Waals surface area contributed by atoms with Gasteiger partial charge in [0.2, 0.25) is 5.76 Å². The van der Waals surface area contributed by atoms with Crippen LogP contribution in [-0.2, 0) is 11.3 Å². The van der Waals surface area contributed by atoms with Gasteiger partial charge in [0.1, 0.15) is 5.58 Å². The topological polar surface area (TPSA) is 75.3 Å². The number of nitrogens with one attached hydrogen (secondary N) is 1. The second-order valence-electron chi connectivity index (χ2n) is 5.81. The lowest BCUT2D eigenvalue weighted by atomic mass is 10.1. The lowest BCUT2D eigenvalue weighted by Crippen LogP contribution is -2.17. The largest absolute Gasteiger partial charge is 0.463 e. The third-order valence-electron chi connectivity index (χ3n) is 4.12. The van der Waals surface area contributed by atoms with Gasteiger partial charge in [0.15, 0.2) is 0 Å². The molecule has 3 rings (SSSR count). The number of hydrogen-bond donors (Lipinski definition) is 1. The number of esters is 1. The standard InChI is InChI=1S/C20H18N2O3/c1-13(16-6-3-14(11-21)4-7-16)22-12-15-5-8-18-17(9-15)10-19(25-18)20(23)24-2/h3-10,13,22H,12H2,1-2H3/t13-/m0/s1. The van der Waals surface area contributed by atoms with Gasteiger partial charge in [-0.3, -0.25) is 0 Å². The second-order valence-corrected chi connectivity index (χ2v) is 5.81. The van der Waals surface area contributed by atoms with Crippen molar-refractivity contribution in [2.24, 2.45) is 0 Å². The molecular weight excluding hydrogens is 316 g/mol. The van der Waals surface area contributed by atoms with Gasteiger partial charge in [-0.15, -0.1) is 0 Å². The fourth-order valence-electron chi connectivity index (χ4n) is 2.64. The van der Waals surface area contributed by atoms with Crippen LogP contribution < -0.4 is 5.32 Å². The number of rotatable bonds is 5. The van der Waals surface area contributed by atoms with Gasteiger partial charge in [-0.25, -0.2) is 4.79 Å². The van der Waals surface area contributed by atoms with Crippen molar-refractivity contribution in [1.29, 1.82) is 5.26 Å². The smallest absolute Gasteiger partial charge is 0.373 e. The van der Waals surface area contributed by atoms with E-state index in [1.807, 2.05) is 42.5 Å². The number of ether oxygens (including phenoxy) is 1. The highest BCUT2D eigenvalue weighted by molar-refractivity contribution is 5.92. The summed E-state index contributed by atoms with van der Waals surface area (Å²) in [5.41, 5.74) is 3.52. The van der Waals surface area contributed by atoms with Crippen molar-refractivity contribution < 1.29 is 13.9 Å². The third-order valence-corrected chi connectivity index (χ3v) is 4.12. The van der Waals surface area contributed by atoms with E-state index in [4.69, 9.17) is 9.68 Å². The second kappa shape index (κ2) is 7.20. The molecule has 0 aliphatic carbocycles. The van der Waals surface area contributed by atoms with Crippen LogP contribution >= 0.6 is 0 Å². The van der Waals surface area contributed by atoms with E-state index in [0.29, 0.717) is 17.7 Å². The van der Waals surface area contributed by atoms with Crippen molar-refractivity contribution in [1.82, 2.24) is 5.32 Å². The van der Waals surface area contributed by atoms with Gasteiger partial charge in [-0.1, -0.05) is 18.2 Å². The summed E-state index contributed by atoms with van der Waals surface area (Å²) in [6.07, 6.45) is 0. The van der Waals surface area contributed by atoms with Gasteiger partial charge in [0.05, 0.1) is 18.7 Å². The molecule has 0 aliphatic rings. The molecule has 25 heavy (non-hydrogen) atoms. The molecule has 3 aromatic rings. The molecule has 0 spiro atoms. The summed E-state index contributed by atoms with van der Waals surface area (Å²) < 4.78 is 10.1. The van der Waals surface area contributed by atoms with Crippen LogP contribution in [0, 0.1) is 11.3 Å². The summed E-state index contributed by atoms with van der Waals surface area (Å²) in [7, 11) is 1.33. The van der Waals surface area contributed by atoms with Crippen molar-refractivity contribution in [3.8, 4) is 6.07 Å². The molecule has 0 fully saturated rings. The molecule has 5 heteroatoms. The highest BCUT2D eigenvalue weighted by atomic mass is 16.5. The molecule has 1 aromatic heterocycles. The summed E-state index contributed by atoms with van der Waals surface area (Å²) in [5, 5.41) is 13.2. The highest BCUT2D eigenvalue weighted by Crippen LogP contribution is 2.22. The van der Waals surface area contributed by atoms with Gasteiger partial charge in [0, 0.05) is 18.0 Å². The molecule has 0 unspecified atom stereocenters. The summed E-state index contributed by atoms with van der Waals surface area (Å²) >= 11 is 0. The normalized spacial score (nSPS) is 11.9. The number of nitrogens with zero attached hydrogens (tertiary/aromatic N) is 1. The Hall–Kier alpha value is -3.10. The number of nitriles is 1. The minimum absolute atomic E-state index is 0.151. The van der Waals surface area contributed by atoms with E-state index >= 15 is 0 Å². The number of hydrogen-bond acceptors (Lipinski definition) is 5. The molecule has 2 aromatic carbocycles. The first-order chi connectivity index (χ1) is 12.1. The van der Waals surface area contributed by atoms with Crippen molar-refractivity contribution in [3.05, 3.63) is 71.0 Å². The summed E-state index contributed by atoms with van der Waals surface area (Å²) in [6, 6.07) is 17.3. The molecule has 1 atom stereocenters. The number of carbonyl (C=O) groups is 1. The zero-order chi connectivity index (χ0) is 17.8. The summed E-state index contributed by atoms with van der Waals surface area (Å²) in [4.78, 5) is 11.5. The lowest BCUT2D eigenvalue weighted by Gasteiger charge is -2.14. The van der Waals surface area contributed by atoms with Crippen LogP contribution in [0.5, 0.6) is 0 Å². The maximum atomic E-state index is 11.5. The average Bonchev–Trinajstić information content (AvgIpc) is 3.08. The molecule has 1 heterocycles. The average molecular weight is 334 g/mol. The van der Waals surface area contributed by atoms with Crippen LogP contribution in [0.2, 0.25) is 0 Å². The maximum absolute atomic E-state index is 11.5. The molecule has 1 N–H and O–H groups in total. The minimum atomic E-state index is -0.481. The van der Waals surface area contributed by atoms with E-state index < -0.39 is 5.97 Å². The summed E-state index contributed by atoms with van der Waals surface area (Å²) in [6.45, 7) is 2.75. The van der Waals surface area contributed by atoms with Crippen LogP contribution in [-0.4, -0.2) is 13.1 Å². The molecule has 126 valence electrons. The Morgan fingerprint density at radius 1 is 1.24 bits per heavy atom. The monoisotopic (exact) mass is 334 g/mol. The Balaban J connectivity index is 1.69. The quantitative estimate of drug-likeness (QED) is 0.715. The lowest BCUT2D eigenvalue weighted by molar-refractivity contribution is 0.0567. The number of carbonyl (C=O) groups excluding carboxylic acids is 1. The number of benzene rings is 2. The fraction of sp³-hybridized carbons (Fsp3) is 0.200. The van der Waals surface area contributed by atoms with E-state index in [2.05, 4.69) is 23.0 Å². The molecule has 0 bridgehead atoms. The van der Waals surface area contributed by atoms with Crippen molar-refractivity contribution >= 4 is 16.9 Å². The number of fused-ring (bicyclic) bond motifs is 1. The predicted molar refractivity (Wildman–Crippen MR) is 94.0 cm³/mol. The van der Waals surface area contributed by atoms with Gasteiger partial charge in [0.25, 0.3) is 0 Å². The predicted octanol–water partition coefficient (Wildman–Crippen LogP) is 3.94. The molecule has 0 amide bonds. The Morgan fingerprint density at radius 2 is 2.00 bits per heavy atom. The van der Waals surface area contributed by atoms with E-state index in [0.717, 1.165) is 16.5 Å². The van der Waals surface area contributed by atoms with Crippen molar-refractivity contribution in [2.75, 3.05) is 7.11 Å². The van der Waals surface area contributed by atoms with Crippen LogP contribution in [0.15, 0.2) is 52.9 Å².